The van der Waals surface area contributed by atoms with Crippen molar-refractivity contribution in [3.63, 3.8) is 0 Å². The SMILES string of the molecule is CN[C@H]1C[C@@H]2O[C@](C)([C@H]1OC)n1c3ccccc3c3c4c(c5c6ccccc6n2c5c31)CNC4=O. The highest BCUT2D eigenvalue weighted by molar-refractivity contribution is 6.31. The second kappa shape index (κ2) is 6.43. The Hall–Kier alpha value is -3.39. The number of hydrogen-bond donors (Lipinski definition) is 2. The van der Waals surface area contributed by atoms with Crippen LogP contribution in [0.25, 0.3) is 43.6 Å². The third-order valence-corrected chi connectivity index (χ3v) is 8.60. The summed E-state index contributed by atoms with van der Waals surface area (Å²) in [4.78, 5) is 13.4. The maximum atomic E-state index is 13.4. The molecule has 2 aromatic heterocycles. The first kappa shape index (κ1) is 19.9. The lowest BCUT2D eigenvalue weighted by Gasteiger charge is -2.48. The van der Waals surface area contributed by atoms with Gasteiger partial charge in [0.15, 0.2) is 5.72 Å². The van der Waals surface area contributed by atoms with Gasteiger partial charge in [-0.3, -0.25) is 4.79 Å². The van der Waals surface area contributed by atoms with Crippen LogP contribution in [0.5, 0.6) is 0 Å². The predicted octanol–water partition coefficient (Wildman–Crippen LogP) is 4.35. The zero-order valence-electron chi connectivity index (χ0n) is 19.9. The number of methoxy groups -OCH3 is 1. The third kappa shape index (κ3) is 2.12. The molecule has 1 fully saturated rings. The van der Waals surface area contributed by atoms with Crippen molar-refractivity contribution in [2.45, 2.75) is 44.0 Å². The molecule has 7 nitrogen and oxygen atoms in total. The smallest absolute Gasteiger partial charge is 0.252 e. The number of nitrogens with zero attached hydrogens (tertiary/aromatic N) is 2. The van der Waals surface area contributed by atoms with Crippen LogP contribution in [-0.4, -0.2) is 41.3 Å². The Kier molecular flexibility index (Phi) is 3.65. The van der Waals surface area contributed by atoms with Crippen molar-refractivity contribution < 1.29 is 14.3 Å². The van der Waals surface area contributed by atoms with Crippen LogP contribution < -0.4 is 10.6 Å². The molecular weight excluding hydrogens is 440 g/mol. The zero-order valence-corrected chi connectivity index (χ0v) is 19.9. The predicted molar refractivity (Wildman–Crippen MR) is 136 cm³/mol. The minimum absolute atomic E-state index is 0.00341. The summed E-state index contributed by atoms with van der Waals surface area (Å²) in [5.74, 6) is -0.00341. The van der Waals surface area contributed by atoms with Crippen LogP contribution >= 0.6 is 0 Å². The fourth-order valence-electron chi connectivity index (χ4n) is 7.33. The summed E-state index contributed by atoms with van der Waals surface area (Å²) in [6.45, 7) is 2.67. The molecule has 7 heteroatoms. The van der Waals surface area contributed by atoms with Gasteiger partial charge in [0, 0.05) is 47.7 Å². The molecule has 5 heterocycles. The van der Waals surface area contributed by atoms with Gasteiger partial charge in [-0.15, -0.1) is 0 Å². The average molecular weight is 467 g/mol. The van der Waals surface area contributed by atoms with E-state index in [1.165, 1.54) is 0 Å². The summed E-state index contributed by atoms with van der Waals surface area (Å²) in [6, 6.07) is 17.0. The van der Waals surface area contributed by atoms with Crippen LogP contribution in [0.2, 0.25) is 0 Å². The summed E-state index contributed by atoms with van der Waals surface area (Å²) in [5.41, 5.74) is 5.48. The number of fused-ring (bicyclic) bond motifs is 13. The lowest BCUT2D eigenvalue weighted by atomic mass is 9.93. The van der Waals surface area contributed by atoms with Gasteiger partial charge in [-0.05, 0) is 31.7 Å². The molecule has 4 atom stereocenters. The number of aromatic nitrogens is 2. The topological polar surface area (TPSA) is 69.5 Å². The largest absolute Gasteiger partial charge is 0.375 e. The van der Waals surface area contributed by atoms with Gasteiger partial charge >= 0.3 is 0 Å². The lowest BCUT2D eigenvalue weighted by molar-refractivity contribution is -0.256. The van der Waals surface area contributed by atoms with E-state index in [4.69, 9.17) is 9.47 Å². The number of carbonyl (C=O) groups is 1. The molecule has 2 bridgehead atoms. The van der Waals surface area contributed by atoms with Crippen LogP contribution in [0.3, 0.4) is 0 Å². The van der Waals surface area contributed by atoms with Crippen LogP contribution in [0.1, 0.15) is 35.5 Å². The summed E-state index contributed by atoms with van der Waals surface area (Å²) in [6.07, 6.45) is 0.364. The van der Waals surface area contributed by atoms with Crippen LogP contribution in [-0.2, 0) is 21.7 Å². The van der Waals surface area contributed by atoms with E-state index in [1.54, 1.807) is 7.11 Å². The van der Waals surface area contributed by atoms with E-state index in [1.807, 2.05) is 13.1 Å². The second-order valence-corrected chi connectivity index (χ2v) is 10.1. The molecule has 0 spiro atoms. The number of ether oxygens (including phenoxy) is 2. The van der Waals surface area contributed by atoms with Gasteiger partial charge in [0.1, 0.15) is 12.3 Å². The Balaban J connectivity index is 1.72. The average Bonchev–Trinajstić information content (AvgIpc) is 3.51. The van der Waals surface area contributed by atoms with Gasteiger partial charge in [-0.1, -0.05) is 36.4 Å². The van der Waals surface area contributed by atoms with Gasteiger partial charge in [-0.2, -0.15) is 0 Å². The Morgan fingerprint density at radius 1 is 1.06 bits per heavy atom. The molecule has 2 N–H and O–H groups in total. The van der Waals surface area contributed by atoms with Gasteiger partial charge in [0.25, 0.3) is 5.91 Å². The molecule has 0 unspecified atom stereocenters. The second-order valence-electron chi connectivity index (χ2n) is 10.1. The molecule has 35 heavy (non-hydrogen) atoms. The maximum Gasteiger partial charge on any atom is 0.252 e. The molecule has 1 amide bonds. The van der Waals surface area contributed by atoms with Crippen molar-refractivity contribution in [3.8, 4) is 0 Å². The van der Waals surface area contributed by atoms with Crippen LogP contribution in [0.15, 0.2) is 48.5 Å². The highest BCUT2D eigenvalue weighted by atomic mass is 16.6. The molecular formula is C28H26N4O3. The number of carbonyl (C=O) groups excluding carboxylic acids is 1. The zero-order chi connectivity index (χ0) is 23.6. The molecule has 3 aromatic carbocycles. The highest BCUT2D eigenvalue weighted by Crippen LogP contribution is 2.53. The Morgan fingerprint density at radius 3 is 2.51 bits per heavy atom. The monoisotopic (exact) mass is 466 g/mol. The number of rotatable bonds is 2. The number of hydrogen-bond acceptors (Lipinski definition) is 4. The molecule has 8 rings (SSSR count). The number of likely N-dealkylation sites (N-methyl/N-ethyl adjacent to an activating group) is 1. The van der Waals surface area contributed by atoms with Crippen molar-refractivity contribution in [1.29, 1.82) is 0 Å². The van der Waals surface area contributed by atoms with Crippen LogP contribution in [0.4, 0.5) is 0 Å². The molecule has 0 radical (unpaired) electrons. The number of para-hydroxylation sites is 2. The van der Waals surface area contributed by atoms with Crippen molar-refractivity contribution >= 4 is 49.5 Å². The molecule has 0 saturated carbocycles. The standard InChI is InChI=1S/C28H26N4O3/c1-28-26(34-3)17(29-2)12-20(35-28)31-18-10-6-4-8-14(18)21-16-13-30-27(33)23(16)22-15-9-5-7-11-19(15)32(28)25(22)24(21)31/h4-11,17,20,26,29H,12-13H2,1-3H3,(H,30,33)/t17-,20-,26-,28+/m0/s1. The highest BCUT2D eigenvalue weighted by Gasteiger charge is 2.53. The third-order valence-electron chi connectivity index (χ3n) is 8.60. The molecule has 1 saturated heterocycles. The van der Waals surface area contributed by atoms with Gasteiger partial charge in [0.2, 0.25) is 0 Å². The molecule has 3 aliphatic heterocycles. The number of benzene rings is 3. The quantitative estimate of drug-likeness (QED) is 0.406. The summed E-state index contributed by atoms with van der Waals surface area (Å²) < 4.78 is 17.9. The van der Waals surface area contributed by atoms with E-state index < -0.39 is 5.72 Å². The maximum absolute atomic E-state index is 13.4. The molecule has 5 aromatic rings. The van der Waals surface area contributed by atoms with E-state index in [0.29, 0.717) is 6.54 Å². The Morgan fingerprint density at radius 2 is 1.77 bits per heavy atom. The van der Waals surface area contributed by atoms with Crippen molar-refractivity contribution in [2.75, 3.05) is 14.2 Å². The van der Waals surface area contributed by atoms with Crippen molar-refractivity contribution in [3.05, 3.63) is 59.7 Å². The minimum Gasteiger partial charge on any atom is -0.375 e. The normalized spacial score (nSPS) is 27.3. The van der Waals surface area contributed by atoms with E-state index in [-0.39, 0.29) is 24.3 Å². The molecule has 176 valence electrons. The Labute approximate surface area is 201 Å². The van der Waals surface area contributed by atoms with Gasteiger partial charge in [-0.25, -0.2) is 0 Å². The molecule has 0 aliphatic carbocycles. The number of nitrogens with one attached hydrogen (secondary N) is 2. The number of amides is 1. The van der Waals surface area contributed by atoms with E-state index in [2.05, 4.69) is 69.2 Å². The first-order chi connectivity index (χ1) is 17.1. The van der Waals surface area contributed by atoms with Crippen molar-refractivity contribution in [2.24, 2.45) is 0 Å². The van der Waals surface area contributed by atoms with E-state index >= 15 is 0 Å². The van der Waals surface area contributed by atoms with Gasteiger partial charge < -0.3 is 29.2 Å². The van der Waals surface area contributed by atoms with Crippen LogP contribution in [0, 0.1) is 0 Å². The molecule has 3 aliphatic rings. The first-order valence-corrected chi connectivity index (χ1v) is 12.3. The fourth-order valence-corrected chi connectivity index (χ4v) is 7.33. The van der Waals surface area contributed by atoms with E-state index in [9.17, 15) is 4.79 Å². The fraction of sp³-hybridized carbons (Fsp3) is 0.321. The summed E-state index contributed by atoms with van der Waals surface area (Å²) in [7, 11) is 3.76. The van der Waals surface area contributed by atoms with E-state index in [0.717, 1.165) is 61.2 Å². The first-order valence-electron chi connectivity index (χ1n) is 12.3. The summed E-state index contributed by atoms with van der Waals surface area (Å²) >= 11 is 0. The summed E-state index contributed by atoms with van der Waals surface area (Å²) in [5, 5.41) is 11.0. The Bertz CT molecular complexity index is 1750. The lowest BCUT2D eigenvalue weighted by Crippen LogP contribution is -2.59. The van der Waals surface area contributed by atoms with Crippen molar-refractivity contribution in [1.82, 2.24) is 19.8 Å². The van der Waals surface area contributed by atoms with Gasteiger partial charge in [0.05, 0.1) is 27.6 Å². The minimum atomic E-state index is -0.789.